The van der Waals surface area contributed by atoms with Gasteiger partial charge >= 0.3 is 0 Å². The fourth-order valence-electron chi connectivity index (χ4n) is 2.34. The molecule has 0 fully saturated rings. The van der Waals surface area contributed by atoms with Gasteiger partial charge in [-0.05, 0) is 48.5 Å². The average molecular weight is 366 g/mol. The number of amides is 1. The van der Waals surface area contributed by atoms with Gasteiger partial charge in [0.15, 0.2) is 17.2 Å². The lowest BCUT2D eigenvalue weighted by atomic mass is 10.2. The van der Waals surface area contributed by atoms with E-state index in [1.165, 1.54) is 19.4 Å². The average Bonchev–Trinajstić information content (AvgIpc) is 2.70. The quantitative estimate of drug-likeness (QED) is 0.689. The van der Waals surface area contributed by atoms with Crippen LogP contribution in [0.15, 0.2) is 60.8 Å². The Bertz CT molecular complexity index is 924. The molecule has 0 aliphatic rings. The second-order valence-electron chi connectivity index (χ2n) is 5.47. The molecule has 7 nitrogen and oxygen atoms in total. The molecule has 0 spiro atoms. The van der Waals surface area contributed by atoms with Crippen LogP contribution in [-0.4, -0.2) is 30.2 Å². The van der Waals surface area contributed by atoms with Crippen LogP contribution in [0.5, 0.6) is 28.7 Å². The Balaban J connectivity index is 1.67. The van der Waals surface area contributed by atoms with Gasteiger partial charge in [-0.3, -0.25) is 4.79 Å². The molecule has 27 heavy (non-hydrogen) atoms. The zero-order chi connectivity index (χ0) is 19.2. The molecule has 1 aromatic heterocycles. The summed E-state index contributed by atoms with van der Waals surface area (Å²) in [6, 6.07) is 15.5. The molecule has 138 valence electrons. The van der Waals surface area contributed by atoms with Crippen LogP contribution in [0.3, 0.4) is 0 Å². The third-order valence-electron chi connectivity index (χ3n) is 3.73. The number of aromatic nitrogens is 1. The van der Waals surface area contributed by atoms with Crippen LogP contribution < -0.4 is 19.5 Å². The molecular weight excluding hydrogens is 348 g/mol. The summed E-state index contributed by atoms with van der Waals surface area (Å²) in [6.07, 6.45) is 1.39. The molecule has 1 heterocycles. The number of nitrogens with one attached hydrogen (secondary N) is 1. The van der Waals surface area contributed by atoms with Crippen molar-refractivity contribution in [1.29, 1.82) is 0 Å². The Morgan fingerprint density at radius 1 is 0.889 bits per heavy atom. The van der Waals surface area contributed by atoms with Crippen LogP contribution in [0.2, 0.25) is 0 Å². The number of benzene rings is 2. The Labute approximate surface area is 156 Å². The maximum absolute atomic E-state index is 12.3. The molecule has 0 aliphatic carbocycles. The van der Waals surface area contributed by atoms with E-state index in [4.69, 9.17) is 14.2 Å². The van der Waals surface area contributed by atoms with Crippen LogP contribution in [0.4, 0.5) is 5.69 Å². The molecule has 3 rings (SSSR count). The summed E-state index contributed by atoms with van der Waals surface area (Å²) in [5, 5.41) is 12.7. The molecule has 0 saturated heterocycles. The minimum Gasteiger partial charge on any atom is -0.503 e. The fourth-order valence-corrected chi connectivity index (χ4v) is 2.34. The summed E-state index contributed by atoms with van der Waals surface area (Å²) in [6.45, 7) is 0. The molecular formula is C20H18N2O5. The number of carbonyl (C=O) groups is 1. The smallest absolute Gasteiger partial charge is 0.278 e. The van der Waals surface area contributed by atoms with Crippen molar-refractivity contribution in [3.05, 3.63) is 66.5 Å². The van der Waals surface area contributed by atoms with Crippen LogP contribution in [-0.2, 0) is 0 Å². The first kappa shape index (κ1) is 18.1. The largest absolute Gasteiger partial charge is 0.503 e. The molecule has 2 N–H and O–H groups in total. The van der Waals surface area contributed by atoms with E-state index in [2.05, 4.69) is 10.3 Å². The van der Waals surface area contributed by atoms with Crippen LogP contribution in [0.25, 0.3) is 0 Å². The minimum absolute atomic E-state index is 0.118. The molecule has 0 atom stereocenters. The first-order chi connectivity index (χ1) is 13.1. The van der Waals surface area contributed by atoms with Gasteiger partial charge in [0, 0.05) is 18.0 Å². The van der Waals surface area contributed by atoms with E-state index in [0.29, 0.717) is 17.2 Å². The first-order valence-corrected chi connectivity index (χ1v) is 8.06. The fraction of sp³-hybridized carbons (Fsp3) is 0.100. The summed E-state index contributed by atoms with van der Waals surface area (Å²) in [7, 11) is 3.00. The third-order valence-corrected chi connectivity index (χ3v) is 3.73. The second-order valence-corrected chi connectivity index (χ2v) is 5.47. The van der Waals surface area contributed by atoms with Gasteiger partial charge in [-0.1, -0.05) is 0 Å². The number of aromatic hydroxyl groups is 1. The van der Waals surface area contributed by atoms with Crippen molar-refractivity contribution >= 4 is 11.6 Å². The highest BCUT2D eigenvalue weighted by atomic mass is 16.5. The Kier molecular flexibility index (Phi) is 5.41. The van der Waals surface area contributed by atoms with E-state index in [1.807, 2.05) is 0 Å². The number of hydrogen-bond acceptors (Lipinski definition) is 6. The zero-order valence-electron chi connectivity index (χ0n) is 14.8. The lowest BCUT2D eigenvalue weighted by Crippen LogP contribution is -2.14. The first-order valence-electron chi connectivity index (χ1n) is 8.06. The van der Waals surface area contributed by atoms with Crippen molar-refractivity contribution in [2.45, 2.75) is 0 Å². The number of ether oxygens (including phenoxy) is 3. The third kappa shape index (κ3) is 4.27. The lowest BCUT2D eigenvalue weighted by molar-refractivity contribution is 0.101. The van der Waals surface area contributed by atoms with Crippen molar-refractivity contribution in [2.24, 2.45) is 0 Å². The molecule has 0 unspecified atom stereocenters. The van der Waals surface area contributed by atoms with Gasteiger partial charge in [0.05, 0.1) is 14.2 Å². The van der Waals surface area contributed by atoms with Gasteiger partial charge in [0.25, 0.3) is 5.91 Å². The normalized spacial score (nSPS) is 10.1. The van der Waals surface area contributed by atoms with Crippen LogP contribution >= 0.6 is 0 Å². The highest BCUT2D eigenvalue weighted by Crippen LogP contribution is 2.29. The van der Waals surface area contributed by atoms with Gasteiger partial charge < -0.3 is 24.6 Å². The van der Waals surface area contributed by atoms with Gasteiger partial charge in [0.1, 0.15) is 17.2 Å². The predicted octanol–water partition coefficient (Wildman–Crippen LogP) is 3.85. The van der Waals surface area contributed by atoms with Crippen molar-refractivity contribution in [2.75, 3.05) is 19.5 Å². The molecule has 3 aromatic rings. The van der Waals surface area contributed by atoms with Crippen molar-refractivity contribution in [1.82, 2.24) is 4.98 Å². The number of anilines is 1. The number of methoxy groups -OCH3 is 2. The Morgan fingerprint density at radius 2 is 1.48 bits per heavy atom. The van der Waals surface area contributed by atoms with E-state index in [0.717, 1.165) is 5.75 Å². The van der Waals surface area contributed by atoms with E-state index >= 15 is 0 Å². The molecule has 0 aliphatic heterocycles. The molecule has 2 aromatic carbocycles. The van der Waals surface area contributed by atoms with Crippen molar-refractivity contribution in [3.63, 3.8) is 0 Å². The highest BCUT2D eigenvalue weighted by molar-refractivity contribution is 6.05. The summed E-state index contributed by atoms with van der Waals surface area (Å²) < 4.78 is 15.8. The summed E-state index contributed by atoms with van der Waals surface area (Å²) in [4.78, 5) is 16.2. The number of nitrogens with zero attached hydrogens (tertiary/aromatic N) is 1. The molecule has 0 radical (unpaired) electrons. The van der Waals surface area contributed by atoms with Gasteiger partial charge in [-0.2, -0.15) is 0 Å². The number of hydrogen-bond donors (Lipinski definition) is 2. The minimum atomic E-state index is -0.546. The van der Waals surface area contributed by atoms with Gasteiger partial charge in [-0.25, -0.2) is 4.98 Å². The summed E-state index contributed by atoms with van der Waals surface area (Å²) >= 11 is 0. The van der Waals surface area contributed by atoms with Crippen LogP contribution in [0, 0.1) is 0 Å². The lowest BCUT2D eigenvalue weighted by Gasteiger charge is -2.10. The van der Waals surface area contributed by atoms with E-state index < -0.39 is 5.91 Å². The highest BCUT2D eigenvalue weighted by Gasteiger charge is 2.16. The van der Waals surface area contributed by atoms with Crippen molar-refractivity contribution < 1.29 is 24.1 Å². The second kappa shape index (κ2) is 8.09. The topological polar surface area (TPSA) is 89.9 Å². The molecule has 0 bridgehead atoms. The van der Waals surface area contributed by atoms with Crippen LogP contribution in [0.1, 0.15) is 10.5 Å². The number of pyridine rings is 1. The molecule has 7 heteroatoms. The maximum atomic E-state index is 12.3. The summed E-state index contributed by atoms with van der Waals surface area (Å²) in [5.74, 6) is 1.35. The van der Waals surface area contributed by atoms with E-state index in [-0.39, 0.29) is 17.2 Å². The maximum Gasteiger partial charge on any atom is 0.278 e. The Hall–Kier alpha value is -3.74. The monoisotopic (exact) mass is 366 g/mol. The molecule has 1 amide bonds. The van der Waals surface area contributed by atoms with Gasteiger partial charge in [-0.15, -0.1) is 0 Å². The SMILES string of the molecule is COc1ccc(Oc2ccc(NC(=O)c3nccc(OC)c3O)cc2)cc1. The van der Waals surface area contributed by atoms with Crippen molar-refractivity contribution in [3.8, 4) is 28.7 Å². The number of carbonyl (C=O) groups excluding carboxylic acids is 1. The number of rotatable bonds is 6. The Morgan fingerprint density at radius 3 is 2.07 bits per heavy atom. The van der Waals surface area contributed by atoms with E-state index in [9.17, 15) is 9.90 Å². The zero-order valence-corrected chi connectivity index (χ0v) is 14.8. The summed E-state index contributed by atoms with van der Waals surface area (Å²) in [5.41, 5.74) is 0.416. The van der Waals surface area contributed by atoms with E-state index in [1.54, 1.807) is 55.6 Å². The molecule has 0 saturated carbocycles. The predicted molar refractivity (Wildman–Crippen MR) is 99.9 cm³/mol. The van der Waals surface area contributed by atoms with Gasteiger partial charge in [0.2, 0.25) is 0 Å². The standard InChI is InChI=1S/C20H18N2O5/c1-25-14-7-9-16(10-8-14)27-15-5-3-13(4-6-15)22-20(24)18-19(23)17(26-2)11-12-21-18/h3-12,23H,1-2H3,(H,22,24).